The van der Waals surface area contributed by atoms with Gasteiger partial charge in [-0.25, -0.2) is 0 Å². The van der Waals surface area contributed by atoms with Gasteiger partial charge in [0, 0.05) is 48.3 Å². The summed E-state index contributed by atoms with van der Waals surface area (Å²) < 4.78 is 0. The van der Waals surface area contributed by atoms with Gasteiger partial charge < -0.3 is 0 Å². The zero-order chi connectivity index (χ0) is 15.9. The van der Waals surface area contributed by atoms with Gasteiger partial charge in [-0.05, 0) is 30.3 Å². The molecule has 23 heavy (non-hydrogen) atoms. The number of benzene rings is 1. The van der Waals surface area contributed by atoms with E-state index < -0.39 is 0 Å². The minimum Gasteiger partial charge on any atom is -0.264 e. The molecule has 0 radical (unpaired) electrons. The summed E-state index contributed by atoms with van der Waals surface area (Å²) in [6.07, 6.45) is 10.4. The summed E-state index contributed by atoms with van der Waals surface area (Å²) in [5.74, 6) is 0. The fraction of sp³-hybridized carbons (Fsp3) is 0. The van der Waals surface area contributed by atoms with Crippen LogP contribution in [0.5, 0.6) is 0 Å². The molecule has 4 nitrogen and oxygen atoms in total. The third-order valence-corrected chi connectivity index (χ3v) is 3.32. The SMILES string of the molecule is Clc1cc(N=Cc2cccnc2)ccc1N=Cc1cccnc1. The first-order valence-corrected chi connectivity index (χ1v) is 7.37. The first kappa shape index (κ1) is 15.1. The molecular weight excluding hydrogens is 308 g/mol. The van der Waals surface area contributed by atoms with Gasteiger partial charge in [-0.3, -0.25) is 20.0 Å². The van der Waals surface area contributed by atoms with Gasteiger partial charge in [-0.2, -0.15) is 0 Å². The molecule has 5 heteroatoms. The Morgan fingerprint density at radius 2 is 1.48 bits per heavy atom. The van der Waals surface area contributed by atoms with Crippen molar-refractivity contribution in [3.63, 3.8) is 0 Å². The molecule has 0 atom stereocenters. The van der Waals surface area contributed by atoms with Crippen LogP contribution in [0, 0.1) is 0 Å². The molecule has 2 heterocycles. The predicted molar refractivity (Wildman–Crippen MR) is 94.4 cm³/mol. The molecule has 0 aliphatic heterocycles. The third-order valence-electron chi connectivity index (χ3n) is 3.02. The lowest BCUT2D eigenvalue weighted by Gasteiger charge is -2.00. The van der Waals surface area contributed by atoms with Gasteiger partial charge in [0.1, 0.15) is 0 Å². The summed E-state index contributed by atoms with van der Waals surface area (Å²) in [6.45, 7) is 0. The summed E-state index contributed by atoms with van der Waals surface area (Å²) in [4.78, 5) is 16.8. The van der Waals surface area contributed by atoms with Crippen molar-refractivity contribution < 1.29 is 0 Å². The number of pyridine rings is 2. The van der Waals surface area contributed by atoms with Crippen LogP contribution in [0.4, 0.5) is 11.4 Å². The summed E-state index contributed by atoms with van der Waals surface area (Å²) in [6, 6.07) is 13.1. The van der Waals surface area contributed by atoms with Crippen LogP contribution in [-0.4, -0.2) is 22.4 Å². The fourth-order valence-corrected chi connectivity index (χ4v) is 2.10. The van der Waals surface area contributed by atoms with Crippen molar-refractivity contribution in [1.82, 2.24) is 9.97 Å². The summed E-state index contributed by atoms with van der Waals surface area (Å²) in [5, 5.41) is 0.547. The van der Waals surface area contributed by atoms with Crippen LogP contribution in [0.15, 0.2) is 77.2 Å². The van der Waals surface area contributed by atoms with Crippen LogP contribution in [-0.2, 0) is 0 Å². The number of hydrogen-bond donors (Lipinski definition) is 0. The molecule has 0 bridgehead atoms. The number of nitrogens with zero attached hydrogens (tertiary/aromatic N) is 4. The van der Waals surface area contributed by atoms with Crippen LogP contribution in [0.25, 0.3) is 0 Å². The second-order valence-corrected chi connectivity index (χ2v) is 5.13. The normalized spacial score (nSPS) is 11.3. The molecule has 0 fully saturated rings. The van der Waals surface area contributed by atoms with E-state index >= 15 is 0 Å². The van der Waals surface area contributed by atoms with E-state index in [9.17, 15) is 0 Å². The monoisotopic (exact) mass is 320 g/mol. The lowest BCUT2D eigenvalue weighted by Crippen LogP contribution is -1.82. The van der Waals surface area contributed by atoms with Gasteiger partial charge >= 0.3 is 0 Å². The molecule has 0 aliphatic rings. The minimum atomic E-state index is 0.547. The lowest BCUT2D eigenvalue weighted by molar-refractivity contribution is 1.32. The number of aliphatic imine (C=N–C) groups is 2. The van der Waals surface area contributed by atoms with E-state index in [0.717, 1.165) is 16.8 Å². The second-order valence-electron chi connectivity index (χ2n) is 4.72. The average Bonchev–Trinajstić information content (AvgIpc) is 2.61. The summed E-state index contributed by atoms with van der Waals surface area (Å²) >= 11 is 6.26. The highest BCUT2D eigenvalue weighted by Crippen LogP contribution is 2.29. The Balaban J connectivity index is 1.76. The van der Waals surface area contributed by atoms with Gasteiger partial charge in [0.05, 0.1) is 16.4 Å². The van der Waals surface area contributed by atoms with Gasteiger partial charge in [0.25, 0.3) is 0 Å². The molecule has 0 saturated carbocycles. The van der Waals surface area contributed by atoms with E-state index in [1.807, 2.05) is 36.4 Å². The van der Waals surface area contributed by atoms with Crippen LogP contribution in [0.2, 0.25) is 5.02 Å². The van der Waals surface area contributed by atoms with E-state index in [0.29, 0.717) is 10.7 Å². The van der Waals surface area contributed by atoms with Gasteiger partial charge in [0.2, 0.25) is 0 Å². The molecule has 3 rings (SSSR count). The summed E-state index contributed by atoms with van der Waals surface area (Å²) in [7, 11) is 0. The van der Waals surface area contributed by atoms with Crippen LogP contribution in [0.3, 0.4) is 0 Å². The maximum Gasteiger partial charge on any atom is 0.0817 e. The Labute approximate surface area is 139 Å². The second kappa shape index (κ2) is 7.42. The highest BCUT2D eigenvalue weighted by Gasteiger charge is 1.99. The smallest absolute Gasteiger partial charge is 0.0817 e. The topological polar surface area (TPSA) is 50.5 Å². The molecule has 0 aliphatic carbocycles. The van der Waals surface area contributed by atoms with Crippen LogP contribution >= 0.6 is 11.6 Å². The number of halogens is 1. The Hall–Kier alpha value is -2.85. The summed E-state index contributed by atoms with van der Waals surface area (Å²) in [5.41, 5.74) is 3.31. The highest BCUT2D eigenvalue weighted by molar-refractivity contribution is 6.33. The average molecular weight is 321 g/mol. The first-order valence-electron chi connectivity index (χ1n) is 6.99. The van der Waals surface area contributed by atoms with E-state index in [-0.39, 0.29) is 0 Å². The van der Waals surface area contributed by atoms with Crippen molar-refractivity contribution in [2.45, 2.75) is 0 Å². The Bertz CT molecular complexity index is 830. The van der Waals surface area contributed by atoms with Crippen LogP contribution in [0.1, 0.15) is 11.1 Å². The first-order chi connectivity index (χ1) is 11.3. The van der Waals surface area contributed by atoms with E-state index in [1.165, 1.54) is 0 Å². The molecule has 0 saturated heterocycles. The number of hydrogen-bond acceptors (Lipinski definition) is 4. The minimum absolute atomic E-state index is 0.547. The molecular formula is C18H13ClN4. The lowest BCUT2D eigenvalue weighted by atomic mass is 10.2. The Morgan fingerprint density at radius 3 is 2.04 bits per heavy atom. The van der Waals surface area contributed by atoms with Gasteiger partial charge in [0.15, 0.2) is 0 Å². The Morgan fingerprint density at radius 1 is 0.826 bits per heavy atom. The molecule has 0 unspecified atom stereocenters. The third kappa shape index (κ3) is 4.31. The standard InChI is InChI=1S/C18H13ClN4/c19-17-9-16(22-12-14-3-1-7-20-10-14)5-6-18(17)23-13-15-4-2-8-21-11-15/h1-13H. The maximum absolute atomic E-state index is 6.26. The molecule has 112 valence electrons. The number of aromatic nitrogens is 2. The molecule has 0 amide bonds. The quantitative estimate of drug-likeness (QED) is 0.658. The molecule has 3 aromatic rings. The van der Waals surface area contributed by atoms with E-state index in [2.05, 4.69) is 20.0 Å². The van der Waals surface area contributed by atoms with Crippen LogP contribution < -0.4 is 0 Å². The Kier molecular flexibility index (Phi) is 4.86. The fourth-order valence-electron chi connectivity index (χ4n) is 1.88. The predicted octanol–water partition coefficient (Wildman–Crippen LogP) is 4.63. The molecule has 2 aromatic heterocycles. The van der Waals surface area contributed by atoms with Crippen molar-refractivity contribution in [2.24, 2.45) is 9.98 Å². The van der Waals surface area contributed by atoms with Gasteiger partial charge in [-0.1, -0.05) is 23.7 Å². The van der Waals surface area contributed by atoms with E-state index in [1.54, 1.807) is 43.3 Å². The van der Waals surface area contributed by atoms with Gasteiger partial charge in [-0.15, -0.1) is 0 Å². The largest absolute Gasteiger partial charge is 0.264 e. The molecule has 0 spiro atoms. The zero-order valence-electron chi connectivity index (χ0n) is 12.2. The van der Waals surface area contributed by atoms with Crippen molar-refractivity contribution in [2.75, 3.05) is 0 Å². The van der Waals surface area contributed by atoms with Crippen molar-refractivity contribution in [3.8, 4) is 0 Å². The van der Waals surface area contributed by atoms with Crippen molar-refractivity contribution >= 4 is 35.4 Å². The molecule has 0 N–H and O–H groups in total. The van der Waals surface area contributed by atoms with Crippen molar-refractivity contribution in [1.29, 1.82) is 0 Å². The zero-order valence-corrected chi connectivity index (χ0v) is 12.9. The van der Waals surface area contributed by atoms with Crippen molar-refractivity contribution in [3.05, 3.63) is 83.4 Å². The van der Waals surface area contributed by atoms with E-state index in [4.69, 9.17) is 11.6 Å². The number of rotatable bonds is 4. The highest BCUT2D eigenvalue weighted by atomic mass is 35.5. The molecule has 1 aromatic carbocycles. The maximum atomic E-state index is 6.26.